The first-order chi connectivity index (χ1) is 8.08. The molecule has 2 N–H and O–H groups in total. The van der Waals surface area contributed by atoms with Gasteiger partial charge in [-0.15, -0.1) is 0 Å². The van der Waals surface area contributed by atoms with E-state index < -0.39 is 0 Å². The van der Waals surface area contributed by atoms with Gasteiger partial charge in [0.2, 0.25) is 5.91 Å². The summed E-state index contributed by atoms with van der Waals surface area (Å²) >= 11 is 0. The molecule has 0 spiro atoms. The minimum atomic E-state index is 0.100. The monoisotopic (exact) mass is 241 g/mol. The predicted octanol–water partition coefficient (Wildman–Crippen LogP) is 0.833. The van der Waals surface area contributed by atoms with Crippen LogP contribution in [-0.2, 0) is 4.79 Å². The molecule has 4 nitrogen and oxygen atoms in total. The molecule has 1 fully saturated rings. The molecule has 0 bridgehead atoms. The van der Waals surface area contributed by atoms with Crippen LogP contribution in [0.4, 0.5) is 0 Å². The van der Waals surface area contributed by atoms with Gasteiger partial charge in [-0.1, -0.05) is 0 Å². The Morgan fingerprint density at radius 1 is 1.35 bits per heavy atom. The number of hydrogen-bond acceptors (Lipinski definition) is 3. The number of amides is 1. The highest BCUT2D eigenvalue weighted by Crippen LogP contribution is 2.18. The molecule has 4 heteroatoms. The molecular formula is C13H27N3O. The van der Waals surface area contributed by atoms with Crippen molar-refractivity contribution in [2.45, 2.75) is 39.2 Å². The molecule has 0 radical (unpaired) electrons. The molecule has 17 heavy (non-hydrogen) atoms. The van der Waals surface area contributed by atoms with Gasteiger partial charge in [-0.3, -0.25) is 4.79 Å². The predicted molar refractivity (Wildman–Crippen MR) is 71.0 cm³/mol. The number of carbonyl (C=O) groups excluding carboxylic acids is 1. The van der Waals surface area contributed by atoms with E-state index in [1.54, 1.807) is 0 Å². The SMILES string of the molecule is CC(C)NC(=O)CNCCC1CCN(C)CC1. The zero-order valence-corrected chi connectivity index (χ0v) is 11.5. The van der Waals surface area contributed by atoms with Crippen molar-refractivity contribution in [3.63, 3.8) is 0 Å². The van der Waals surface area contributed by atoms with E-state index in [1.165, 1.54) is 32.4 Å². The van der Waals surface area contributed by atoms with Crippen LogP contribution in [-0.4, -0.2) is 50.1 Å². The van der Waals surface area contributed by atoms with Crippen LogP contribution in [0.5, 0.6) is 0 Å². The van der Waals surface area contributed by atoms with Gasteiger partial charge >= 0.3 is 0 Å². The van der Waals surface area contributed by atoms with E-state index in [0.717, 1.165) is 12.5 Å². The molecule has 1 heterocycles. The van der Waals surface area contributed by atoms with Crippen LogP contribution >= 0.6 is 0 Å². The van der Waals surface area contributed by atoms with Crippen molar-refractivity contribution in [3.8, 4) is 0 Å². The number of nitrogens with zero attached hydrogens (tertiary/aromatic N) is 1. The molecule has 0 aromatic rings. The van der Waals surface area contributed by atoms with Gasteiger partial charge in [-0.05, 0) is 65.7 Å². The van der Waals surface area contributed by atoms with Crippen LogP contribution in [0, 0.1) is 5.92 Å². The van der Waals surface area contributed by atoms with E-state index in [4.69, 9.17) is 0 Å². The molecule has 0 aromatic heterocycles. The normalized spacial score (nSPS) is 18.6. The van der Waals surface area contributed by atoms with E-state index in [0.29, 0.717) is 6.54 Å². The Balaban J connectivity index is 1.99. The third-order valence-electron chi connectivity index (χ3n) is 3.30. The molecular weight excluding hydrogens is 214 g/mol. The largest absolute Gasteiger partial charge is 0.353 e. The van der Waals surface area contributed by atoms with E-state index >= 15 is 0 Å². The molecule has 0 aromatic carbocycles. The summed E-state index contributed by atoms with van der Waals surface area (Å²) in [6, 6.07) is 0.234. The number of likely N-dealkylation sites (tertiary alicyclic amines) is 1. The average Bonchev–Trinajstić information content (AvgIpc) is 2.26. The van der Waals surface area contributed by atoms with Crippen molar-refractivity contribution in [1.29, 1.82) is 0 Å². The first-order valence-corrected chi connectivity index (χ1v) is 6.76. The lowest BCUT2D eigenvalue weighted by Crippen LogP contribution is -2.38. The van der Waals surface area contributed by atoms with Gasteiger partial charge < -0.3 is 15.5 Å². The maximum absolute atomic E-state index is 11.4. The third kappa shape index (κ3) is 6.64. The van der Waals surface area contributed by atoms with E-state index in [9.17, 15) is 4.79 Å². The fourth-order valence-electron chi connectivity index (χ4n) is 2.23. The molecule has 1 aliphatic heterocycles. The van der Waals surface area contributed by atoms with Gasteiger partial charge in [0, 0.05) is 6.04 Å². The molecule has 100 valence electrons. The van der Waals surface area contributed by atoms with Gasteiger partial charge in [-0.2, -0.15) is 0 Å². The Bertz CT molecular complexity index is 223. The number of carbonyl (C=O) groups is 1. The standard InChI is InChI=1S/C13H27N3O/c1-11(2)15-13(17)10-14-7-4-12-5-8-16(3)9-6-12/h11-12,14H,4-10H2,1-3H3,(H,15,17). The highest BCUT2D eigenvalue weighted by Gasteiger charge is 2.15. The van der Waals surface area contributed by atoms with Crippen molar-refractivity contribution in [2.75, 3.05) is 33.2 Å². The fraction of sp³-hybridized carbons (Fsp3) is 0.923. The summed E-state index contributed by atoms with van der Waals surface area (Å²) in [7, 11) is 2.19. The molecule has 1 rings (SSSR count). The van der Waals surface area contributed by atoms with Crippen molar-refractivity contribution >= 4 is 5.91 Å². The van der Waals surface area contributed by atoms with Crippen molar-refractivity contribution < 1.29 is 4.79 Å². The van der Waals surface area contributed by atoms with Crippen LogP contribution in [0.25, 0.3) is 0 Å². The van der Waals surface area contributed by atoms with E-state index in [-0.39, 0.29) is 11.9 Å². The third-order valence-corrected chi connectivity index (χ3v) is 3.30. The summed E-state index contributed by atoms with van der Waals surface area (Å²) < 4.78 is 0. The van der Waals surface area contributed by atoms with E-state index in [2.05, 4.69) is 22.6 Å². The van der Waals surface area contributed by atoms with Gasteiger partial charge in [0.25, 0.3) is 0 Å². The minimum Gasteiger partial charge on any atom is -0.353 e. The Morgan fingerprint density at radius 3 is 2.59 bits per heavy atom. The molecule has 1 aliphatic rings. The molecule has 0 unspecified atom stereocenters. The Labute approximate surface area is 105 Å². The summed E-state index contributed by atoms with van der Waals surface area (Å²) in [4.78, 5) is 13.8. The van der Waals surface area contributed by atoms with Crippen molar-refractivity contribution in [2.24, 2.45) is 5.92 Å². The number of piperidine rings is 1. The summed E-state index contributed by atoms with van der Waals surface area (Å²) in [6.45, 7) is 7.81. The zero-order chi connectivity index (χ0) is 12.7. The van der Waals surface area contributed by atoms with Gasteiger partial charge in [0.05, 0.1) is 6.54 Å². The van der Waals surface area contributed by atoms with Gasteiger partial charge in [0.1, 0.15) is 0 Å². The molecule has 0 atom stereocenters. The maximum Gasteiger partial charge on any atom is 0.234 e. The van der Waals surface area contributed by atoms with Crippen LogP contribution in [0.3, 0.4) is 0 Å². The Hall–Kier alpha value is -0.610. The first kappa shape index (κ1) is 14.5. The summed E-state index contributed by atoms with van der Waals surface area (Å²) in [6.07, 6.45) is 3.80. The highest BCUT2D eigenvalue weighted by molar-refractivity contribution is 5.78. The first-order valence-electron chi connectivity index (χ1n) is 6.76. The van der Waals surface area contributed by atoms with Gasteiger partial charge in [0.15, 0.2) is 0 Å². The second-order valence-electron chi connectivity index (χ2n) is 5.43. The van der Waals surface area contributed by atoms with Crippen molar-refractivity contribution in [3.05, 3.63) is 0 Å². The van der Waals surface area contributed by atoms with Gasteiger partial charge in [-0.25, -0.2) is 0 Å². The smallest absolute Gasteiger partial charge is 0.234 e. The molecule has 1 amide bonds. The second kappa shape index (κ2) is 7.67. The Kier molecular flexibility index (Phi) is 6.52. The molecule has 1 saturated heterocycles. The number of nitrogens with one attached hydrogen (secondary N) is 2. The second-order valence-corrected chi connectivity index (χ2v) is 5.43. The summed E-state index contributed by atoms with van der Waals surface area (Å²) in [5.74, 6) is 0.940. The van der Waals surface area contributed by atoms with E-state index in [1.807, 2.05) is 13.8 Å². The number of hydrogen-bond donors (Lipinski definition) is 2. The lowest BCUT2D eigenvalue weighted by atomic mass is 9.94. The molecule has 0 aliphatic carbocycles. The zero-order valence-electron chi connectivity index (χ0n) is 11.5. The average molecular weight is 241 g/mol. The highest BCUT2D eigenvalue weighted by atomic mass is 16.1. The Morgan fingerprint density at radius 2 is 2.00 bits per heavy atom. The van der Waals surface area contributed by atoms with Crippen LogP contribution < -0.4 is 10.6 Å². The molecule has 0 saturated carbocycles. The lowest BCUT2D eigenvalue weighted by molar-refractivity contribution is -0.120. The lowest BCUT2D eigenvalue weighted by Gasteiger charge is -2.28. The quantitative estimate of drug-likeness (QED) is 0.677. The van der Waals surface area contributed by atoms with Crippen LogP contribution in [0.15, 0.2) is 0 Å². The summed E-state index contributed by atoms with van der Waals surface area (Å²) in [5.41, 5.74) is 0. The fourth-order valence-corrected chi connectivity index (χ4v) is 2.23. The topological polar surface area (TPSA) is 44.4 Å². The minimum absolute atomic E-state index is 0.100. The maximum atomic E-state index is 11.4. The summed E-state index contributed by atoms with van der Waals surface area (Å²) in [5, 5.41) is 6.10. The number of rotatable bonds is 6. The van der Waals surface area contributed by atoms with Crippen LogP contribution in [0.2, 0.25) is 0 Å². The van der Waals surface area contributed by atoms with Crippen molar-refractivity contribution in [1.82, 2.24) is 15.5 Å². The van der Waals surface area contributed by atoms with Crippen LogP contribution in [0.1, 0.15) is 33.1 Å².